The third kappa shape index (κ3) is 3.28. The van der Waals surface area contributed by atoms with Crippen LogP contribution in [0.1, 0.15) is 18.5 Å². The number of fused-ring (bicyclic) bond motifs is 3. The Bertz CT molecular complexity index is 900. The summed E-state index contributed by atoms with van der Waals surface area (Å²) in [5.41, 5.74) is 2.19. The third-order valence-electron chi connectivity index (χ3n) is 5.04. The highest BCUT2D eigenvalue weighted by Gasteiger charge is 2.27. The first-order valence-corrected chi connectivity index (χ1v) is 9.06. The molecule has 144 valence electrons. The van der Waals surface area contributed by atoms with E-state index >= 15 is 0 Å². The van der Waals surface area contributed by atoms with Crippen LogP contribution < -0.4 is 15.0 Å². The SMILES string of the molecule is COc1ccc2c(c1O)CC(C)n1c-2cc(OC[C@@H]2COCCO2)cc1=O. The Kier molecular flexibility index (Phi) is 4.80. The summed E-state index contributed by atoms with van der Waals surface area (Å²) in [6.45, 7) is 3.91. The van der Waals surface area contributed by atoms with Gasteiger partial charge in [0.05, 0.1) is 32.6 Å². The topological polar surface area (TPSA) is 79.2 Å². The van der Waals surface area contributed by atoms with Gasteiger partial charge < -0.3 is 28.6 Å². The Morgan fingerprint density at radius 3 is 2.89 bits per heavy atom. The molecule has 1 aromatic carbocycles. The number of aromatic nitrogens is 1. The normalized spacial score (nSPS) is 21.3. The van der Waals surface area contributed by atoms with Crippen molar-refractivity contribution in [3.8, 4) is 28.5 Å². The van der Waals surface area contributed by atoms with Gasteiger partial charge in [0.15, 0.2) is 11.5 Å². The predicted octanol–water partition coefficient (Wildman–Crippen LogP) is 2.14. The maximum absolute atomic E-state index is 12.7. The minimum Gasteiger partial charge on any atom is -0.504 e. The number of ether oxygens (including phenoxy) is 4. The van der Waals surface area contributed by atoms with Crippen molar-refractivity contribution >= 4 is 0 Å². The average molecular weight is 373 g/mol. The van der Waals surface area contributed by atoms with E-state index in [2.05, 4.69) is 0 Å². The van der Waals surface area contributed by atoms with Gasteiger partial charge in [-0.1, -0.05) is 0 Å². The molecule has 0 spiro atoms. The molecule has 1 N–H and O–H groups in total. The molecule has 0 bridgehead atoms. The number of nitrogens with zero attached hydrogens (tertiary/aromatic N) is 1. The zero-order valence-corrected chi connectivity index (χ0v) is 15.4. The van der Waals surface area contributed by atoms with Crippen LogP contribution >= 0.6 is 0 Å². The first-order valence-electron chi connectivity index (χ1n) is 9.06. The molecule has 7 heteroatoms. The number of phenols is 1. The summed E-state index contributed by atoms with van der Waals surface area (Å²) in [6.07, 6.45) is 0.413. The molecule has 1 unspecified atom stereocenters. The summed E-state index contributed by atoms with van der Waals surface area (Å²) >= 11 is 0. The molecule has 0 aliphatic carbocycles. The van der Waals surface area contributed by atoms with E-state index < -0.39 is 0 Å². The summed E-state index contributed by atoms with van der Waals surface area (Å²) in [5, 5.41) is 10.5. The highest BCUT2D eigenvalue weighted by molar-refractivity contribution is 5.72. The molecule has 27 heavy (non-hydrogen) atoms. The van der Waals surface area contributed by atoms with Gasteiger partial charge in [-0.2, -0.15) is 0 Å². The van der Waals surface area contributed by atoms with E-state index in [0.29, 0.717) is 44.3 Å². The first-order chi connectivity index (χ1) is 13.1. The maximum atomic E-state index is 12.7. The van der Waals surface area contributed by atoms with Gasteiger partial charge in [-0.25, -0.2) is 0 Å². The van der Waals surface area contributed by atoms with E-state index in [0.717, 1.165) is 16.8 Å². The van der Waals surface area contributed by atoms with Crippen LogP contribution in [0.5, 0.6) is 17.2 Å². The van der Waals surface area contributed by atoms with Crippen LogP contribution in [0.2, 0.25) is 0 Å². The molecule has 2 aliphatic rings. The number of pyridine rings is 1. The molecule has 3 heterocycles. The Morgan fingerprint density at radius 1 is 1.30 bits per heavy atom. The molecule has 2 atom stereocenters. The van der Waals surface area contributed by atoms with Gasteiger partial charge in [-0.05, 0) is 25.5 Å². The van der Waals surface area contributed by atoms with Crippen molar-refractivity contribution in [1.29, 1.82) is 0 Å². The lowest BCUT2D eigenvalue weighted by Gasteiger charge is -2.29. The number of rotatable bonds is 4. The van der Waals surface area contributed by atoms with Crippen molar-refractivity contribution in [2.75, 3.05) is 33.5 Å². The summed E-state index contributed by atoms with van der Waals surface area (Å²) in [7, 11) is 1.52. The van der Waals surface area contributed by atoms with E-state index in [-0.39, 0.29) is 23.5 Å². The molecule has 0 radical (unpaired) electrons. The van der Waals surface area contributed by atoms with Crippen LogP contribution in [0.15, 0.2) is 29.1 Å². The second-order valence-electron chi connectivity index (χ2n) is 6.86. The number of hydrogen-bond donors (Lipinski definition) is 1. The standard InChI is InChI=1S/C20H23NO6/c1-12-7-16-15(3-4-18(24-2)20(16)23)17-8-13(9-19(22)21(12)17)27-11-14-10-25-5-6-26-14/h3-4,8-9,12,14,23H,5-7,10-11H2,1-2H3/t12?,14-/m0/s1. The van der Waals surface area contributed by atoms with Crippen LogP contribution in [-0.2, 0) is 15.9 Å². The van der Waals surface area contributed by atoms with Crippen molar-refractivity contribution in [2.24, 2.45) is 0 Å². The van der Waals surface area contributed by atoms with Crippen LogP contribution in [0, 0.1) is 0 Å². The van der Waals surface area contributed by atoms with Crippen LogP contribution in [0.25, 0.3) is 11.3 Å². The van der Waals surface area contributed by atoms with Crippen LogP contribution in [0.3, 0.4) is 0 Å². The fraction of sp³-hybridized carbons (Fsp3) is 0.450. The second-order valence-corrected chi connectivity index (χ2v) is 6.86. The monoisotopic (exact) mass is 373 g/mol. The van der Waals surface area contributed by atoms with Gasteiger partial charge in [0, 0.05) is 29.3 Å². The highest BCUT2D eigenvalue weighted by atomic mass is 16.6. The number of phenolic OH excluding ortho intramolecular Hbond substituents is 1. The van der Waals surface area contributed by atoms with E-state index in [1.54, 1.807) is 10.6 Å². The van der Waals surface area contributed by atoms with E-state index in [1.165, 1.54) is 13.2 Å². The fourth-order valence-corrected chi connectivity index (χ4v) is 3.74. The Hall–Kier alpha value is -2.51. The van der Waals surface area contributed by atoms with Gasteiger partial charge in [0.2, 0.25) is 0 Å². The van der Waals surface area contributed by atoms with E-state index in [9.17, 15) is 9.90 Å². The molecule has 2 aliphatic heterocycles. The zero-order chi connectivity index (χ0) is 19.0. The lowest BCUT2D eigenvalue weighted by atomic mass is 9.92. The average Bonchev–Trinajstić information content (AvgIpc) is 2.68. The Morgan fingerprint density at radius 2 is 2.15 bits per heavy atom. The van der Waals surface area contributed by atoms with E-state index in [4.69, 9.17) is 18.9 Å². The van der Waals surface area contributed by atoms with Crippen molar-refractivity contribution in [3.63, 3.8) is 0 Å². The molecular formula is C20H23NO6. The molecule has 1 aromatic heterocycles. The van der Waals surface area contributed by atoms with Crippen molar-refractivity contribution in [2.45, 2.75) is 25.5 Å². The quantitative estimate of drug-likeness (QED) is 0.885. The van der Waals surface area contributed by atoms with Gasteiger partial charge in [0.25, 0.3) is 5.56 Å². The third-order valence-corrected chi connectivity index (χ3v) is 5.04. The molecule has 0 amide bonds. The fourth-order valence-electron chi connectivity index (χ4n) is 3.74. The van der Waals surface area contributed by atoms with Gasteiger partial charge in [0.1, 0.15) is 18.5 Å². The Balaban J connectivity index is 1.70. The largest absolute Gasteiger partial charge is 0.504 e. The zero-order valence-electron chi connectivity index (χ0n) is 15.4. The lowest BCUT2D eigenvalue weighted by Crippen LogP contribution is -2.34. The van der Waals surface area contributed by atoms with Gasteiger partial charge >= 0.3 is 0 Å². The highest BCUT2D eigenvalue weighted by Crippen LogP contribution is 2.43. The minimum atomic E-state index is -0.142. The van der Waals surface area contributed by atoms with Crippen molar-refractivity contribution < 1.29 is 24.1 Å². The smallest absolute Gasteiger partial charge is 0.254 e. The summed E-state index contributed by atoms with van der Waals surface area (Å²) < 4.78 is 23.7. The van der Waals surface area contributed by atoms with Crippen LogP contribution in [-0.4, -0.2) is 49.3 Å². The summed E-state index contributed by atoms with van der Waals surface area (Å²) in [6, 6.07) is 6.83. The molecular weight excluding hydrogens is 350 g/mol. The van der Waals surface area contributed by atoms with Crippen molar-refractivity contribution in [1.82, 2.24) is 4.57 Å². The van der Waals surface area contributed by atoms with Gasteiger partial charge in [-0.15, -0.1) is 0 Å². The number of hydrogen-bond acceptors (Lipinski definition) is 6. The number of benzene rings is 1. The predicted molar refractivity (Wildman–Crippen MR) is 98.8 cm³/mol. The van der Waals surface area contributed by atoms with Gasteiger partial charge in [-0.3, -0.25) is 4.79 Å². The molecule has 4 rings (SSSR count). The molecule has 1 fully saturated rings. The molecule has 7 nitrogen and oxygen atoms in total. The lowest BCUT2D eigenvalue weighted by molar-refractivity contribution is -0.101. The molecule has 0 saturated carbocycles. The number of aromatic hydroxyl groups is 1. The minimum absolute atomic E-state index is 0.0814. The maximum Gasteiger partial charge on any atom is 0.254 e. The molecule has 2 aromatic rings. The second kappa shape index (κ2) is 7.25. The molecule has 1 saturated heterocycles. The number of methoxy groups -OCH3 is 1. The van der Waals surface area contributed by atoms with E-state index in [1.807, 2.05) is 19.1 Å². The first kappa shape index (κ1) is 17.9. The van der Waals surface area contributed by atoms with Crippen molar-refractivity contribution in [3.05, 3.63) is 40.2 Å². The Labute approximate surface area is 157 Å². The summed E-state index contributed by atoms with van der Waals surface area (Å²) in [5.74, 6) is 1.04. The van der Waals surface area contributed by atoms with Crippen LogP contribution in [0.4, 0.5) is 0 Å². The summed E-state index contributed by atoms with van der Waals surface area (Å²) in [4.78, 5) is 12.7.